The Hall–Kier alpha value is -0.680. The lowest BCUT2D eigenvalue weighted by molar-refractivity contribution is -0.0938. The fourth-order valence-electron chi connectivity index (χ4n) is 0.151. The van der Waals surface area contributed by atoms with Crippen molar-refractivity contribution in [2.45, 2.75) is 6.92 Å². The minimum absolute atomic E-state index is 0.0451. The van der Waals surface area contributed by atoms with Crippen LogP contribution in [-0.2, 0) is 4.84 Å². The Kier molecular flexibility index (Phi) is 4.10. The zero-order chi connectivity index (χ0) is 6.41. The molecule has 0 heterocycles. The topological polar surface area (TPSA) is 60.2 Å². The standard InChI is InChI=1S/C3H8N3O2/c1-3-4-5-6(7)8-2/h3H2,1-2H3/q-1. The third-order valence-electron chi connectivity index (χ3n) is 0.434. The van der Waals surface area contributed by atoms with Crippen LogP contribution in [0.25, 0.3) is 0 Å². The Balaban J connectivity index is 3.21. The van der Waals surface area contributed by atoms with Crippen LogP contribution in [0, 0.1) is 5.21 Å². The molecule has 0 fully saturated rings. The van der Waals surface area contributed by atoms with Crippen LogP contribution >= 0.6 is 0 Å². The average Bonchev–Trinajstić information content (AvgIpc) is 1.83. The molecule has 48 valence electrons. The van der Waals surface area contributed by atoms with Crippen molar-refractivity contribution >= 4 is 0 Å². The Bertz CT molecular complexity index is 74.9. The van der Waals surface area contributed by atoms with Gasteiger partial charge < -0.3 is 5.21 Å². The molecule has 0 radical (unpaired) electrons. The summed E-state index contributed by atoms with van der Waals surface area (Å²) in [4.78, 5) is 4.07. The van der Waals surface area contributed by atoms with E-state index >= 15 is 0 Å². The van der Waals surface area contributed by atoms with Crippen molar-refractivity contribution < 1.29 is 4.84 Å². The van der Waals surface area contributed by atoms with Crippen molar-refractivity contribution in [1.29, 1.82) is 0 Å². The molecule has 0 N–H and O–H groups in total. The van der Waals surface area contributed by atoms with E-state index in [2.05, 4.69) is 15.2 Å². The minimum Gasteiger partial charge on any atom is -0.715 e. The molecule has 0 saturated heterocycles. The third kappa shape index (κ3) is 3.51. The predicted molar refractivity (Wildman–Crippen MR) is 27.6 cm³/mol. The molecule has 0 rings (SSSR count). The molecule has 5 nitrogen and oxygen atoms in total. The average molecular weight is 118 g/mol. The third-order valence-corrected chi connectivity index (χ3v) is 0.434. The molecule has 0 aliphatic carbocycles. The quantitative estimate of drug-likeness (QED) is 0.405. The second-order valence-corrected chi connectivity index (χ2v) is 0.968. The lowest BCUT2D eigenvalue weighted by Gasteiger charge is -2.16. The zero-order valence-corrected chi connectivity index (χ0v) is 4.87. The summed E-state index contributed by atoms with van der Waals surface area (Å²) in [6.45, 7) is 2.26. The molecule has 8 heavy (non-hydrogen) atoms. The second-order valence-electron chi connectivity index (χ2n) is 0.968. The highest BCUT2D eigenvalue weighted by Crippen LogP contribution is 1.84. The lowest BCUT2D eigenvalue weighted by Crippen LogP contribution is -2.03. The summed E-state index contributed by atoms with van der Waals surface area (Å²) >= 11 is 0. The van der Waals surface area contributed by atoms with E-state index in [0.29, 0.717) is 6.54 Å². The highest BCUT2D eigenvalue weighted by atomic mass is 16.9. The van der Waals surface area contributed by atoms with Crippen molar-refractivity contribution in [3.63, 3.8) is 0 Å². The molecule has 0 aromatic carbocycles. The number of hydrogen-bond donors (Lipinski definition) is 0. The molecule has 0 bridgehead atoms. The summed E-state index contributed by atoms with van der Waals surface area (Å²) < 4.78 is 0. The van der Waals surface area contributed by atoms with Crippen LogP contribution in [0.2, 0.25) is 0 Å². The first-order valence-electron chi connectivity index (χ1n) is 2.20. The Labute approximate surface area is 47.5 Å². The van der Waals surface area contributed by atoms with Crippen molar-refractivity contribution in [2.75, 3.05) is 13.7 Å². The summed E-state index contributed by atoms with van der Waals surface area (Å²) in [5.41, 5.74) is 0. The largest absolute Gasteiger partial charge is 0.715 e. The van der Waals surface area contributed by atoms with Gasteiger partial charge in [-0.3, -0.25) is 4.84 Å². The van der Waals surface area contributed by atoms with Gasteiger partial charge in [-0.2, -0.15) is 5.11 Å². The van der Waals surface area contributed by atoms with Gasteiger partial charge in [-0.15, -0.1) is 0 Å². The van der Waals surface area contributed by atoms with Crippen molar-refractivity contribution in [1.82, 2.24) is 5.34 Å². The van der Waals surface area contributed by atoms with Crippen LogP contribution in [0.4, 0.5) is 0 Å². The van der Waals surface area contributed by atoms with Crippen LogP contribution in [0.3, 0.4) is 0 Å². The van der Waals surface area contributed by atoms with Crippen molar-refractivity contribution in [2.24, 2.45) is 10.3 Å². The number of nitrogens with zero attached hydrogens (tertiary/aromatic N) is 3. The van der Waals surface area contributed by atoms with Crippen LogP contribution in [-0.4, -0.2) is 19.0 Å². The minimum atomic E-state index is 0.0451. The number of rotatable bonds is 3. The van der Waals surface area contributed by atoms with Gasteiger partial charge in [0.1, 0.15) is 0 Å². The first kappa shape index (κ1) is 7.32. The molecule has 0 unspecified atom stereocenters. The van der Waals surface area contributed by atoms with E-state index in [1.54, 1.807) is 6.92 Å². The van der Waals surface area contributed by atoms with Crippen LogP contribution in [0.5, 0.6) is 0 Å². The first-order chi connectivity index (χ1) is 3.81. The molecular weight excluding hydrogens is 110 g/mol. The maximum absolute atomic E-state index is 10.0. The Morgan fingerprint density at radius 3 is 2.75 bits per heavy atom. The van der Waals surface area contributed by atoms with E-state index in [4.69, 9.17) is 0 Å². The van der Waals surface area contributed by atoms with E-state index in [-0.39, 0.29) is 5.34 Å². The van der Waals surface area contributed by atoms with Crippen LogP contribution < -0.4 is 0 Å². The highest BCUT2D eigenvalue weighted by Gasteiger charge is 1.72. The monoisotopic (exact) mass is 118 g/mol. The first-order valence-corrected chi connectivity index (χ1v) is 2.20. The second kappa shape index (κ2) is 4.48. The lowest BCUT2D eigenvalue weighted by atomic mass is 10.8. The Morgan fingerprint density at radius 1 is 1.75 bits per heavy atom. The van der Waals surface area contributed by atoms with Crippen molar-refractivity contribution in [3.05, 3.63) is 5.21 Å². The summed E-state index contributed by atoms with van der Waals surface area (Å²) in [5.74, 6) is 0. The van der Waals surface area contributed by atoms with Crippen LogP contribution in [0.1, 0.15) is 6.92 Å². The summed E-state index contributed by atoms with van der Waals surface area (Å²) in [7, 11) is 1.22. The highest BCUT2D eigenvalue weighted by molar-refractivity contribution is 4.25. The molecule has 0 aliphatic heterocycles. The fraction of sp³-hybridized carbons (Fsp3) is 1.00. The van der Waals surface area contributed by atoms with Crippen molar-refractivity contribution in [3.8, 4) is 0 Å². The summed E-state index contributed by atoms with van der Waals surface area (Å²) in [6, 6.07) is 0. The zero-order valence-electron chi connectivity index (χ0n) is 4.87. The van der Waals surface area contributed by atoms with Gasteiger partial charge in [0.2, 0.25) is 0 Å². The van der Waals surface area contributed by atoms with Gasteiger partial charge >= 0.3 is 0 Å². The normalized spacial score (nSPS) is 10.4. The van der Waals surface area contributed by atoms with Gasteiger partial charge in [-0.1, -0.05) is 5.22 Å². The summed E-state index contributed by atoms with van der Waals surface area (Å²) in [5, 5.41) is 16.4. The van der Waals surface area contributed by atoms with Gasteiger partial charge in [0.25, 0.3) is 0 Å². The summed E-state index contributed by atoms with van der Waals surface area (Å²) in [6.07, 6.45) is 0. The maximum atomic E-state index is 10.0. The molecule has 0 atom stereocenters. The fourth-order valence-corrected chi connectivity index (χ4v) is 0.151. The van der Waals surface area contributed by atoms with Gasteiger partial charge in [-0.25, -0.2) is 5.34 Å². The molecule has 0 aliphatic rings. The maximum Gasteiger partial charge on any atom is 0.0648 e. The van der Waals surface area contributed by atoms with Gasteiger partial charge in [0, 0.05) is 0 Å². The van der Waals surface area contributed by atoms with E-state index in [1.807, 2.05) is 0 Å². The molecule has 5 heteroatoms. The number of hydrogen-bond acceptors (Lipinski definition) is 4. The molecule has 0 amide bonds. The van der Waals surface area contributed by atoms with Gasteiger partial charge in [0.15, 0.2) is 0 Å². The van der Waals surface area contributed by atoms with Gasteiger partial charge in [-0.05, 0) is 6.92 Å². The van der Waals surface area contributed by atoms with Gasteiger partial charge in [0.05, 0.1) is 13.7 Å². The van der Waals surface area contributed by atoms with E-state index < -0.39 is 0 Å². The molecule has 0 saturated carbocycles. The molecule has 0 spiro atoms. The van der Waals surface area contributed by atoms with E-state index in [1.165, 1.54) is 7.11 Å². The molecule has 0 aromatic rings. The smallest absolute Gasteiger partial charge is 0.0648 e. The van der Waals surface area contributed by atoms with E-state index in [0.717, 1.165) is 0 Å². The SMILES string of the molecule is CCN=NN([O-])OC. The van der Waals surface area contributed by atoms with E-state index in [9.17, 15) is 5.21 Å². The molecular formula is C3H8N3O2-. The Morgan fingerprint density at radius 2 is 2.38 bits per heavy atom. The predicted octanol–water partition coefficient (Wildman–Crippen LogP) is 0.735. The molecule has 0 aromatic heterocycles. The van der Waals surface area contributed by atoms with Crippen LogP contribution in [0.15, 0.2) is 10.3 Å².